The van der Waals surface area contributed by atoms with Crippen molar-refractivity contribution in [1.82, 2.24) is 14.7 Å². The molecule has 0 N–H and O–H groups in total. The second kappa shape index (κ2) is 6.54. The minimum atomic E-state index is 0.0824. The Morgan fingerprint density at radius 3 is 2.64 bits per heavy atom. The smallest absolute Gasteiger partial charge is 0.253 e. The molecular formula is C19H26ClN3O2. The Balaban J connectivity index is 1.56. The molecule has 1 aromatic carbocycles. The number of piperazine rings is 1. The maximum atomic E-state index is 13.0. The molecule has 1 amide bonds. The molecule has 6 heteroatoms. The molecule has 0 saturated carbocycles. The fraction of sp³-hybridized carbons (Fsp3) is 0.632. The summed E-state index contributed by atoms with van der Waals surface area (Å²) in [5.41, 5.74) is 0.795. The lowest BCUT2D eigenvalue weighted by Gasteiger charge is -2.64. The van der Waals surface area contributed by atoms with E-state index in [1.807, 2.05) is 17.0 Å². The van der Waals surface area contributed by atoms with Crippen LogP contribution in [0.1, 0.15) is 24.2 Å². The molecule has 1 atom stereocenters. The van der Waals surface area contributed by atoms with Crippen molar-refractivity contribution in [3.05, 3.63) is 34.9 Å². The third kappa shape index (κ3) is 3.08. The maximum absolute atomic E-state index is 13.0. The normalized spacial score (nSPS) is 26.6. The molecule has 1 aromatic rings. The quantitative estimate of drug-likeness (QED) is 0.804. The van der Waals surface area contributed by atoms with Crippen LogP contribution >= 0.6 is 11.6 Å². The number of carbonyl (C=O) groups excluding carboxylic acids is 1. The highest BCUT2D eigenvalue weighted by molar-refractivity contribution is 6.30. The number of hydrogen-bond acceptors (Lipinski definition) is 4. The summed E-state index contributed by atoms with van der Waals surface area (Å²) in [6, 6.07) is 8.06. The van der Waals surface area contributed by atoms with Crippen LogP contribution in [0.15, 0.2) is 24.3 Å². The maximum Gasteiger partial charge on any atom is 0.253 e. The number of amides is 1. The van der Waals surface area contributed by atoms with Gasteiger partial charge in [0.1, 0.15) is 0 Å². The Labute approximate surface area is 154 Å². The Kier molecular flexibility index (Phi) is 4.52. The third-order valence-corrected chi connectivity index (χ3v) is 6.11. The van der Waals surface area contributed by atoms with Crippen LogP contribution in [0, 0.1) is 0 Å². The summed E-state index contributed by atoms with van der Waals surface area (Å²) < 4.78 is 5.71. The van der Waals surface area contributed by atoms with E-state index in [-0.39, 0.29) is 11.4 Å². The molecule has 3 aliphatic rings. The number of hydrogen-bond donors (Lipinski definition) is 0. The number of rotatable bonds is 2. The molecule has 4 rings (SSSR count). The summed E-state index contributed by atoms with van der Waals surface area (Å²) in [6.07, 6.45) is 0. The molecule has 0 bridgehead atoms. The lowest BCUT2D eigenvalue weighted by Crippen LogP contribution is -2.81. The van der Waals surface area contributed by atoms with Crippen LogP contribution in [-0.4, -0.2) is 84.2 Å². The Morgan fingerprint density at radius 2 is 1.96 bits per heavy atom. The van der Waals surface area contributed by atoms with E-state index in [1.165, 1.54) is 0 Å². The lowest BCUT2D eigenvalue weighted by molar-refractivity contribution is -0.163. The number of ether oxygens (including phenoxy) is 1. The predicted octanol–water partition coefficient (Wildman–Crippen LogP) is 1.96. The highest BCUT2D eigenvalue weighted by Gasteiger charge is 2.55. The average molecular weight is 364 g/mol. The molecule has 0 unspecified atom stereocenters. The Morgan fingerprint density at radius 1 is 1.24 bits per heavy atom. The van der Waals surface area contributed by atoms with Crippen LogP contribution in [0.25, 0.3) is 0 Å². The van der Waals surface area contributed by atoms with Crippen LogP contribution in [0.5, 0.6) is 0 Å². The lowest BCUT2D eigenvalue weighted by atomic mass is 9.81. The zero-order chi connectivity index (χ0) is 17.6. The second-order valence-corrected chi connectivity index (χ2v) is 8.27. The van der Waals surface area contributed by atoms with Crippen molar-refractivity contribution in [2.45, 2.75) is 31.5 Å². The number of halogens is 1. The summed E-state index contributed by atoms with van der Waals surface area (Å²) in [5.74, 6) is 0.101. The summed E-state index contributed by atoms with van der Waals surface area (Å²) in [4.78, 5) is 20.2. The zero-order valence-electron chi connectivity index (χ0n) is 14.9. The Hall–Kier alpha value is -1.14. The molecule has 3 saturated heterocycles. The van der Waals surface area contributed by atoms with Crippen molar-refractivity contribution in [1.29, 1.82) is 0 Å². The number of morpholine rings is 1. The zero-order valence-corrected chi connectivity index (χ0v) is 15.7. The van der Waals surface area contributed by atoms with Gasteiger partial charge in [0, 0.05) is 49.4 Å². The van der Waals surface area contributed by atoms with Gasteiger partial charge in [0.25, 0.3) is 5.91 Å². The SMILES string of the molecule is CC(C)N1CC2(CN(C(=O)c3ccc(Cl)cc3)C[C@@H]3COCCN32)C1. The van der Waals surface area contributed by atoms with E-state index < -0.39 is 0 Å². The van der Waals surface area contributed by atoms with Crippen LogP contribution in [0.3, 0.4) is 0 Å². The largest absolute Gasteiger partial charge is 0.378 e. The fourth-order valence-corrected chi connectivity index (χ4v) is 4.61. The van der Waals surface area contributed by atoms with Crippen molar-refractivity contribution in [2.24, 2.45) is 0 Å². The number of likely N-dealkylation sites (tertiary alicyclic amines) is 1. The minimum absolute atomic E-state index is 0.0824. The van der Waals surface area contributed by atoms with E-state index in [0.717, 1.165) is 39.3 Å². The molecule has 3 fully saturated rings. The van der Waals surface area contributed by atoms with E-state index in [9.17, 15) is 4.79 Å². The van der Waals surface area contributed by atoms with Gasteiger partial charge in [-0.05, 0) is 38.1 Å². The molecule has 25 heavy (non-hydrogen) atoms. The average Bonchev–Trinajstić information content (AvgIpc) is 2.58. The molecular weight excluding hydrogens is 338 g/mol. The van der Waals surface area contributed by atoms with Gasteiger partial charge in [0.15, 0.2) is 0 Å². The first kappa shape index (κ1) is 17.3. The molecule has 1 spiro atoms. The second-order valence-electron chi connectivity index (χ2n) is 7.84. The van der Waals surface area contributed by atoms with Gasteiger partial charge >= 0.3 is 0 Å². The Bertz CT molecular complexity index is 643. The molecule has 0 aliphatic carbocycles. The van der Waals surface area contributed by atoms with Crippen molar-refractivity contribution in [2.75, 3.05) is 45.9 Å². The molecule has 136 valence electrons. The molecule has 3 aliphatic heterocycles. The van der Waals surface area contributed by atoms with Gasteiger partial charge < -0.3 is 9.64 Å². The minimum Gasteiger partial charge on any atom is -0.378 e. The van der Waals surface area contributed by atoms with Gasteiger partial charge in [-0.3, -0.25) is 14.6 Å². The van der Waals surface area contributed by atoms with Gasteiger partial charge in [-0.1, -0.05) is 11.6 Å². The summed E-state index contributed by atoms with van der Waals surface area (Å²) in [5, 5.41) is 0.657. The van der Waals surface area contributed by atoms with E-state index in [0.29, 0.717) is 29.3 Å². The first-order valence-corrected chi connectivity index (χ1v) is 9.50. The number of carbonyl (C=O) groups is 1. The van der Waals surface area contributed by atoms with Gasteiger partial charge in [-0.15, -0.1) is 0 Å². The predicted molar refractivity (Wildman–Crippen MR) is 98.1 cm³/mol. The molecule has 0 aromatic heterocycles. The highest BCUT2D eigenvalue weighted by Crippen LogP contribution is 2.37. The summed E-state index contributed by atoms with van der Waals surface area (Å²) in [7, 11) is 0. The van der Waals surface area contributed by atoms with Crippen LogP contribution in [0.4, 0.5) is 0 Å². The van der Waals surface area contributed by atoms with E-state index >= 15 is 0 Å². The van der Waals surface area contributed by atoms with E-state index in [2.05, 4.69) is 23.6 Å². The number of nitrogens with zero attached hydrogens (tertiary/aromatic N) is 3. The van der Waals surface area contributed by atoms with Crippen molar-refractivity contribution in [3.8, 4) is 0 Å². The van der Waals surface area contributed by atoms with E-state index in [1.54, 1.807) is 12.1 Å². The molecule has 5 nitrogen and oxygen atoms in total. The number of fused-ring (bicyclic) bond motifs is 2. The van der Waals surface area contributed by atoms with Crippen LogP contribution in [-0.2, 0) is 4.74 Å². The molecule has 3 heterocycles. The first-order chi connectivity index (χ1) is 12.0. The van der Waals surface area contributed by atoms with Crippen LogP contribution < -0.4 is 0 Å². The highest BCUT2D eigenvalue weighted by atomic mass is 35.5. The third-order valence-electron chi connectivity index (χ3n) is 5.86. The van der Waals surface area contributed by atoms with Crippen molar-refractivity contribution < 1.29 is 9.53 Å². The van der Waals surface area contributed by atoms with Gasteiger partial charge in [0.05, 0.1) is 24.8 Å². The van der Waals surface area contributed by atoms with Crippen molar-refractivity contribution >= 4 is 17.5 Å². The van der Waals surface area contributed by atoms with E-state index in [4.69, 9.17) is 16.3 Å². The van der Waals surface area contributed by atoms with Crippen molar-refractivity contribution in [3.63, 3.8) is 0 Å². The standard InChI is InChI=1S/C19H26ClN3O2/c1-14(2)22-12-19(13-22)11-21(9-17-10-25-8-7-23(17)19)18(24)15-3-5-16(20)6-4-15/h3-6,14,17H,7-13H2,1-2H3/t17-/m1/s1. The number of benzene rings is 1. The summed E-state index contributed by atoms with van der Waals surface area (Å²) >= 11 is 5.96. The fourth-order valence-electron chi connectivity index (χ4n) is 4.48. The summed E-state index contributed by atoms with van der Waals surface area (Å²) in [6.45, 7) is 10.6. The van der Waals surface area contributed by atoms with Gasteiger partial charge in [-0.2, -0.15) is 0 Å². The topological polar surface area (TPSA) is 36.0 Å². The van der Waals surface area contributed by atoms with Gasteiger partial charge in [-0.25, -0.2) is 0 Å². The van der Waals surface area contributed by atoms with Gasteiger partial charge in [0.2, 0.25) is 0 Å². The first-order valence-electron chi connectivity index (χ1n) is 9.12. The molecule has 0 radical (unpaired) electrons. The monoisotopic (exact) mass is 363 g/mol. The van der Waals surface area contributed by atoms with Crippen LogP contribution in [0.2, 0.25) is 5.02 Å².